The Labute approximate surface area is 289 Å². The van der Waals surface area contributed by atoms with E-state index in [9.17, 15) is 26.4 Å². The van der Waals surface area contributed by atoms with Gasteiger partial charge < -0.3 is 15.4 Å². The van der Waals surface area contributed by atoms with Crippen LogP contribution in [0.1, 0.15) is 27.9 Å². The Morgan fingerprint density at radius 2 is 1.77 bits per heavy atom. The van der Waals surface area contributed by atoms with Crippen LogP contribution in [0.15, 0.2) is 91.4 Å². The summed E-state index contributed by atoms with van der Waals surface area (Å²) in [5.41, 5.74) is 3.43. The second-order valence-corrected chi connectivity index (χ2v) is 14.0. The molecule has 1 amide bonds. The highest BCUT2D eigenvalue weighted by Crippen LogP contribution is 2.29. The smallest absolute Gasteiger partial charge is 0.328 e. The normalized spacial score (nSPS) is 11.0. The van der Waals surface area contributed by atoms with Crippen molar-refractivity contribution in [1.29, 1.82) is 0 Å². The lowest BCUT2D eigenvalue weighted by atomic mass is 9.98. The summed E-state index contributed by atoms with van der Waals surface area (Å²) < 4.78 is 48.3. The molecule has 0 bridgehead atoms. The SMILES string of the molecule is COC(=O)[C@H](CCSC)NC(=O)c1ccc(Nc2ncccc2C=S(=O)=O)cc1-c1ccccc1.Cl.O=S(=O)(Cl)Cc1cccnc1. The van der Waals surface area contributed by atoms with Crippen LogP contribution in [-0.4, -0.2) is 69.2 Å². The van der Waals surface area contributed by atoms with E-state index in [-0.39, 0.29) is 18.2 Å². The molecule has 2 heterocycles. The first-order valence-electron chi connectivity index (χ1n) is 13.5. The Kier molecular flexibility index (Phi) is 16.4. The first-order valence-corrected chi connectivity index (χ1v) is 18.5. The Hall–Kier alpha value is -3.95. The number of aromatic nitrogens is 2. The molecule has 16 heteroatoms. The number of thioether (sulfide) groups is 1. The number of nitrogens with one attached hydrogen (secondary N) is 2. The minimum absolute atomic E-state index is 0. The lowest BCUT2D eigenvalue weighted by Gasteiger charge is -2.18. The van der Waals surface area contributed by atoms with Gasteiger partial charge in [-0.3, -0.25) is 9.78 Å². The first kappa shape index (κ1) is 39.2. The van der Waals surface area contributed by atoms with Gasteiger partial charge in [-0.1, -0.05) is 36.4 Å². The molecule has 0 aliphatic carbocycles. The molecule has 0 saturated carbocycles. The summed E-state index contributed by atoms with van der Waals surface area (Å²) >= 11 is 1.57. The molecule has 0 aliphatic rings. The quantitative estimate of drug-likeness (QED) is 0.113. The third-order valence-corrected chi connectivity index (χ3v) is 8.23. The highest BCUT2D eigenvalue weighted by atomic mass is 35.7. The minimum Gasteiger partial charge on any atom is -0.467 e. The topological polar surface area (TPSA) is 161 Å². The number of methoxy groups -OCH3 is 1. The van der Waals surface area contributed by atoms with Crippen LogP contribution in [0.2, 0.25) is 0 Å². The lowest BCUT2D eigenvalue weighted by Crippen LogP contribution is -2.42. The lowest BCUT2D eigenvalue weighted by molar-refractivity contribution is -0.142. The van der Waals surface area contributed by atoms with Crippen molar-refractivity contribution >= 4 is 82.9 Å². The van der Waals surface area contributed by atoms with Gasteiger partial charge in [-0.25, -0.2) is 18.2 Å². The summed E-state index contributed by atoms with van der Waals surface area (Å²) in [4.78, 5) is 33.4. The number of halogens is 2. The molecule has 2 aromatic heterocycles. The van der Waals surface area contributed by atoms with E-state index in [1.807, 2.05) is 36.6 Å². The molecular formula is C31H32Cl2N4O7S3. The van der Waals surface area contributed by atoms with Gasteiger partial charge in [0.25, 0.3) is 5.91 Å². The monoisotopic (exact) mass is 738 g/mol. The highest BCUT2D eigenvalue weighted by molar-refractivity contribution is 8.13. The second kappa shape index (κ2) is 19.7. The molecule has 0 spiro atoms. The fourth-order valence-corrected chi connectivity index (χ4v) is 5.90. The molecule has 4 rings (SSSR count). The number of esters is 1. The van der Waals surface area contributed by atoms with Crippen LogP contribution in [0, 0.1) is 0 Å². The molecule has 0 saturated heterocycles. The molecule has 2 N–H and O–H groups in total. The Morgan fingerprint density at radius 1 is 1.04 bits per heavy atom. The molecular weight excluding hydrogens is 707 g/mol. The van der Waals surface area contributed by atoms with Gasteiger partial charge >= 0.3 is 5.97 Å². The molecule has 0 fully saturated rings. The largest absolute Gasteiger partial charge is 0.467 e. The number of carbonyl (C=O) groups is 2. The van der Waals surface area contributed by atoms with E-state index < -0.39 is 37.3 Å². The zero-order valence-electron chi connectivity index (χ0n) is 25.2. The van der Waals surface area contributed by atoms with E-state index in [2.05, 4.69) is 20.6 Å². The Bertz CT molecular complexity index is 1870. The van der Waals surface area contributed by atoms with Crippen molar-refractivity contribution in [1.82, 2.24) is 15.3 Å². The molecule has 250 valence electrons. The third kappa shape index (κ3) is 13.4. The number of amides is 1. The molecule has 2 aromatic carbocycles. The van der Waals surface area contributed by atoms with Gasteiger partial charge in [0.1, 0.15) is 11.9 Å². The third-order valence-electron chi connectivity index (χ3n) is 6.14. The maximum Gasteiger partial charge on any atom is 0.328 e. The molecule has 0 unspecified atom stereocenters. The van der Waals surface area contributed by atoms with Crippen LogP contribution in [0.25, 0.3) is 11.1 Å². The molecule has 11 nitrogen and oxygen atoms in total. The number of hydrogen-bond donors (Lipinski definition) is 2. The van der Waals surface area contributed by atoms with Gasteiger partial charge in [0.2, 0.25) is 19.3 Å². The van der Waals surface area contributed by atoms with Crippen LogP contribution in [0.3, 0.4) is 0 Å². The summed E-state index contributed by atoms with van der Waals surface area (Å²) in [7, 11) is 0.472. The maximum absolute atomic E-state index is 13.2. The zero-order valence-corrected chi connectivity index (χ0v) is 29.2. The van der Waals surface area contributed by atoms with Crippen molar-refractivity contribution < 1.29 is 31.2 Å². The fourth-order valence-electron chi connectivity index (χ4n) is 4.08. The number of hydrogen-bond acceptors (Lipinski definition) is 11. The van der Waals surface area contributed by atoms with E-state index in [1.54, 1.807) is 66.6 Å². The van der Waals surface area contributed by atoms with Gasteiger partial charge in [-0.05, 0) is 71.5 Å². The summed E-state index contributed by atoms with van der Waals surface area (Å²) in [6, 6.07) is 20.3. The maximum atomic E-state index is 13.2. The van der Waals surface area contributed by atoms with Gasteiger partial charge in [0, 0.05) is 46.1 Å². The summed E-state index contributed by atoms with van der Waals surface area (Å²) in [5, 5.41) is 6.99. The van der Waals surface area contributed by atoms with Crippen LogP contribution in [0.4, 0.5) is 11.5 Å². The summed E-state index contributed by atoms with van der Waals surface area (Å²) in [5.74, 6) is -0.0214. The number of anilines is 2. The average molecular weight is 740 g/mol. The van der Waals surface area contributed by atoms with E-state index in [1.165, 1.54) is 13.3 Å². The van der Waals surface area contributed by atoms with Gasteiger partial charge in [0.15, 0.2) is 0 Å². The molecule has 0 aliphatic heterocycles. The zero-order chi connectivity index (χ0) is 33.5. The number of carbonyl (C=O) groups excluding carboxylic acids is 2. The molecule has 47 heavy (non-hydrogen) atoms. The predicted octanol–water partition coefficient (Wildman–Crippen LogP) is 5.12. The summed E-state index contributed by atoms with van der Waals surface area (Å²) in [6.45, 7) is 0. The number of nitrogens with zero attached hydrogens (tertiary/aromatic N) is 2. The van der Waals surface area contributed by atoms with Crippen molar-refractivity contribution in [2.45, 2.75) is 18.2 Å². The highest BCUT2D eigenvalue weighted by Gasteiger charge is 2.23. The molecule has 0 radical (unpaired) electrons. The van der Waals surface area contributed by atoms with Crippen LogP contribution < -0.4 is 10.6 Å². The van der Waals surface area contributed by atoms with Crippen molar-refractivity contribution in [3.05, 3.63) is 108 Å². The van der Waals surface area contributed by atoms with Crippen molar-refractivity contribution in [2.24, 2.45) is 0 Å². The van der Waals surface area contributed by atoms with Crippen molar-refractivity contribution in [2.75, 3.05) is 24.4 Å². The van der Waals surface area contributed by atoms with Gasteiger partial charge in [-0.15, -0.1) is 12.4 Å². The Morgan fingerprint density at radius 3 is 2.38 bits per heavy atom. The van der Waals surface area contributed by atoms with E-state index >= 15 is 0 Å². The number of ether oxygens (including phenoxy) is 1. The minimum atomic E-state index is -3.44. The van der Waals surface area contributed by atoms with Crippen LogP contribution in [0.5, 0.6) is 0 Å². The summed E-state index contributed by atoms with van der Waals surface area (Å²) in [6.07, 6.45) is 6.97. The van der Waals surface area contributed by atoms with Gasteiger partial charge in [-0.2, -0.15) is 20.2 Å². The van der Waals surface area contributed by atoms with E-state index in [0.717, 1.165) is 10.9 Å². The number of benzene rings is 2. The van der Waals surface area contributed by atoms with E-state index in [0.29, 0.717) is 45.9 Å². The Balaban J connectivity index is 0.000000542. The molecule has 4 aromatic rings. The second-order valence-electron chi connectivity index (χ2n) is 9.45. The average Bonchev–Trinajstić information content (AvgIpc) is 3.03. The standard InChI is InChI=1S/C25H25N3O5S2.C6H6ClNO2S.ClH/c1-33-25(30)22(12-14-34-2)28-24(29)20-11-10-19(15-21(20)17-7-4-3-5-8-17)27-23-18(16-35(31)32)9-6-13-26-23;7-11(9,10)5-6-2-1-3-8-4-6;/h3-11,13,15-16,22H,12,14H2,1-2H3,(H,26,27)(H,28,29);1-4H,5H2;1H/t22-;;/m0../s1. The van der Waals surface area contributed by atoms with Gasteiger partial charge in [0.05, 0.1) is 18.2 Å². The van der Waals surface area contributed by atoms with Crippen LogP contribution in [-0.2, 0) is 34.6 Å². The van der Waals surface area contributed by atoms with Crippen LogP contribution >= 0.6 is 34.9 Å². The number of pyridine rings is 2. The first-order chi connectivity index (χ1) is 22.0. The van der Waals surface area contributed by atoms with Crippen molar-refractivity contribution in [3.63, 3.8) is 0 Å². The molecule has 1 atom stereocenters. The fraction of sp³-hybridized carbons (Fsp3) is 0.194. The number of rotatable bonds is 12. The van der Waals surface area contributed by atoms with Crippen molar-refractivity contribution in [3.8, 4) is 11.1 Å². The van der Waals surface area contributed by atoms with E-state index in [4.69, 9.17) is 15.4 Å². The predicted molar refractivity (Wildman–Crippen MR) is 190 cm³/mol.